The highest BCUT2D eigenvalue weighted by molar-refractivity contribution is 7.89. The minimum absolute atomic E-state index is 0.224. The summed E-state index contributed by atoms with van der Waals surface area (Å²) in [6.45, 7) is 6.27. The van der Waals surface area contributed by atoms with E-state index in [9.17, 15) is 8.42 Å². The Balaban J connectivity index is 1.75. The molecule has 9 heteroatoms. The van der Waals surface area contributed by atoms with Crippen molar-refractivity contribution in [3.05, 3.63) is 53.1 Å². The number of furan rings is 1. The van der Waals surface area contributed by atoms with Crippen LogP contribution in [0.5, 0.6) is 0 Å². The summed E-state index contributed by atoms with van der Waals surface area (Å²) in [5.74, 6) is 1.04. The molecule has 7 nitrogen and oxygen atoms in total. The summed E-state index contributed by atoms with van der Waals surface area (Å²) in [5.41, 5.74) is 2.04. The molecule has 4 aromatic rings. The Kier molecular flexibility index (Phi) is 5.40. The van der Waals surface area contributed by atoms with Crippen molar-refractivity contribution >= 4 is 32.6 Å². The van der Waals surface area contributed by atoms with Crippen molar-refractivity contribution in [3.8, 4) is 23.0 Å². The molecule has 0 fully saturated rings. The molecule has 2 heterocycles. The molecule has 30 heavy (non-hydrogen) atoms. The van der Waals surface area contributed by atoms with Gasteiger partial charge in [0.05, 0.1) is 4.90 Å². The van der Waals surface area contributed by atoms with Crippen LogP contribution >= 0.6 is 11.6 Å². The van der Waals surface area contributed by atoms with Gasteiger partial charge in [-0.05, 0) is 49.4 Å². The minimum atomic E-state index is -3.57. The second-order valence-corrected chi connectivity index (χ2v) is 9.11. The van der Waals surface area contributed by atoms with Gasteiger partial charge in [0.25, 0.3) is 5.89 Å². The molecule has 0 spiro atoms. The monoisotopic (exact) mass is 445 g/mol. The third-order valence-electron chi connectivity index (χ3n) is 4.97. The van der Waals surface area contributed by atoms with E-state index in [1.54, 1.807) is 42.5 Å². The Bertz CT molecular complexity index is 1310. The summed E-state index contributed by atoms with van der Waals surface area (Å²) in [7, 11) is -3.57. The average Bonchev–Trinajstić information content (AvgIpc) is 3.34. The quantitative estimate of drug-likeness (QED) is 0.408. The van der Waals surface area contributed by atoms with E-state index in [2.05, 4.69) is 10.1 Å². The molecule has 0 amide bonds. The van der Waals surface area contributed by atoms with Gasteiger partial charge in [0.15, 0.2) is 5.76 Å². The van der Waals surface area contributed by atoms with Crippen LogP contribution in [0.1, 0.15) is 19.4 Å². The zero-order valence-electron chi connectivity index (χ0n) is 16.7. The van der Waals surface area contributed by atoms with Gasteiger partial charge in [-0.15, -0.1) is 0 Å². The maximum atomic E-state index is 12.9. The van der Waals surface area contributed by atoms with Crippen LogP contribution in [-0.2, 0) is 10.0 Å². The standard InChI is InChI=1S/C21H20ClN3O4S/c1-4-25(5-2)30(26,27)16-10-11-18-17(12-16)13(3)19(28-18)21-23-20(24-29-21)14-6-8-15(22)9-7-14/h6-12H,4-5H2,1-3H3. The zero-order chi connectivity index (χ0) is 21.5. The molecule has 0 bridgehead atoms. The van der Waals surface area contributed by atoms with Crippen molar-refractivity contribution in [2.45, 2.75) is 25.7 Å². The van der Waals surface area contributed by atoms with Crippen molar-refractivity contribution in [2.75, 3.05) is 13.1 Å². The predicted molar refractivity (Wildman–Crippen MR) is 115 cm³/mol. The zero-order valence-corrected chi connectivity index (χ0v) is 18.3. The number of halogens is 1. The normalized spacial score (nSPS) is 12.2. The molecule has 0 aliphatic carbocycles. The number of sulfonamides is 1. The summed E-state index contributed by atoms with van der Waals surface area (Å²) in [6, 6.07) is 11.9. The number of hydrogen-bond acceptors (Lipinski definition) is 6. The lowest BCUT2D eigenvalue weighted by Crippen LogP contribution is -2.30. The van der Waals surface area contributed by atoms with Gasteiger partial charge < -0.3 is 8.94 Å². The number of fused-ring (bicyclic) bond motifs is 1. The molecule has 156 valence electrons. The van der Waals surface area contributed by atoms with Crippen LogP contribution < -0.4 is 0 Å². The Labute approximate surface area is 179 Å². The van der Waals surface area contributed by atoms with E-state index in [0.29, 0.717) is 40.7 Å². The second-order valence-electron chi connectivity index (χ2n) is 6.73. The lowest BCUT2D eigenvalue weighted by Gasteiger charge is -2.18. The van der Waals surface area contributed by atoms with Crippen LogP contribution in [0, 0.1) is 6.92 Å². The highest BCUT2D eigenvalue weighted by Gasteiger charge is 2.24. The van der Waals surface area contributed by atoms with Crippen LogP contribution in [0.3, 0.4) is 0 Å². The first-order valence-corrected chi connectivity index (χ1v) is 11.3. The van der Waals surface area contributed by atoms with Gasteiger partial charge >= 0.3 is 0 Å². The number of nitrogens with zero attached hydrogens (tertiary/aromatic N) is 3. The molecule has 0 unspecified atom stereocenters. The van der Waals surface area contributed by atoms with Gasteiger partial charge in [-0.25, -0.2) is 8.42 Å². The molecule has 0 saturated heterocycles. The number of rotatable bonds is 6. The van der Waals surface area contributed by atoms with Crippen LogP contribution in [-0.4, -0.2) is 36.0 Å². The molecule has 2 aromatic heterocycles. The molecule has 0 radical (unpaired) electrons. The summed E-state index contributed by atoms with van der Waals surface area (Å²) in [6.07, 6.45) is 0. The highest BCUT2D eigenvalue weighted by Crippen LogP contribution is 2.34. The van der Waals surface area contributed by atoms with Gasteiger partial charge in [-0.3, -0.25) is 0 Å². The van der Waals surface area contributed by atoms with E-state index < -0.39 is 10.0 Å². The smallest absolute Gasteiger partial charge is 0.294 e. The third kappa shape index (κ3) is 3.51. The van der Waals surface area contributed by atoms with Gasteiger partial charge in [-0.2, -0.15) is 9.29 Å². The fourth-order valence-corrected chi connectivity index (χ4v) is 4.92. The largest absolute Gasteiger partial charge is 0.451 e. The summed E-state index contributed by atoms with van der Waals surface area (Å²) in [5, 5.41) is 5.32. The van der Waals surface area contributed by atoms with Crippen LogP contribution in [0.15, 0.2) is 56.3 Å². The van der Waals surface area contributed by atoms with E-state index >= 15 is 0 Å². The van der Waals surface area contributed by atoms with E-state index in [1.165, 1.54) is 4.31 Å². The lowest BCUT2D eigenvalue weighted by molar-refractivity contribution is 0.419. The molecular weight excluding hydrogens is 426 g/mol. The van der Waals surface area contributed by atoms with Crippen molar-refractivity contribution in [1.82, 2.24) is 14.4 Å². The van der Waals surface area contributed by atoms with Crippen LogP contribution in [0.4, 0.5) is 0 Å². The number of benzene rings is 2. The SMILES string of the molecule is CCN(CC)S(=O)(=O)c1ccc2oc(-c3nc(-c4ccc(Cl)cc4)no3)c(C)c2c1. The Hall–Kier alpha value is -2.68. The first-order chi connectivity index (χ1) is 14.3. The maximum Gasteiger partial charge on any atom is 0.294 e. The molecule has 4 rings (SSSR count). The van der Waals surface area contributed by atoms with E-state index in [-0.39, 0.29) is 10.8 Å². The maximum absolute atomic E-state index is 12.9. The third-order valence-corrected chi connectivity index (χ3v) is 7.27. The summed E-state index contributed by atoms with van der Waals surface area (Å²) < 4.78 is 38.4. The van der Waals surface area contributed by atoms with Crippen molar-refractivity contribution < 1.29 is 17.4 Å². The topological polar surface area (TPSA) is 89.4 Å². The van der Waals surface area contributed by atoms with Gasteiger partial charge in [0.2, 0.25) is 15.8 Å². The van der Waals surface area contributed by atoms with Gasteiger partial charge in [0, 0.05) is 34.6 Å². The highest BCUT2D eigenvalue weighted by atomic mass is 35.5. The number of aryl methyl sites for hydroxylation is 1. The van der Waals surface area contributed by atoms with Gasteiger partial charge in [0.1, 0.15) is 5.58 Å². The van der Waals surface area contributed by atoms with Crippen molar-refractivity contribution in [1.29, 1.82) is 0 Å². The fraction of sp³-hybridized carbons (Fsp3) is 0.238. The van der Waals surface area contributed by atoms with E-state index in [0.717, 1.165) is 11.1 Å². The van der Waals surface area contributed by atoms with Crippen LogP contribution in [0.2, 0.25) is 5.02 Å². The molecule has 0 atom stereocenters. The second kappa shape index (κ2) is 7.86. The summed E-state index contributed by atoms with van der Waals surface area (Å²) >= 11 is 5.92. The Morgan fingerprint density at radius 3 is 2.43 bits per heavy atom. The first-order valence-electron chi connectivity index (χ1n) is 9.48. The molecule has 0 N–H and O–H groups in total. The fourth-order valence-electron chi connectivity index (χ4n) is 3.31. The Morgan fingerprint density at radius 1 is 1.07 bits per heavy atom. The van der Waals surface area contributed by atoms with Gasteiger partial charge in [-0.1, -0.05) is 30.6 Å². The molecule has 2 aromatic carbocycles. The van der Waals surface area contributed by atoms with Crippen LogP contribution in [0.25, 0.3) is 34.0 Å². The molecule has 0 aliphatic rings. The molecular formula is C21H20ClN3O4S. The van der Waals surface area contributed by atoms with Crippen molar-refractivity contribution in [2.24, 2.45) is 0 Å². The van der Waals surface area contributed by atoms with Crippen molar-refractivity contribution in [3.63, 3.8) is 0 Å². The predicted octanol–water partition coefficient (Wildman–Crippen LogP) is 5.14. The molecule has 0 aliphatic heterocycles. The number of hydrogen-bond donors (Lipinski definition) is 0. The average molecular weight is 446 g/mol. The summed E-state index contributed by atoms with van der Waals surface area (Å²) in [4.78, 5) is 4.64. The lowest BCUT2D eigenvalue weighted by atomic mass is 10.1. The number of aromatic nitrogens is 2. The first kappa shape index (κ1) is 20.6. The van der Waals surface area contributed by atoms with E-state index in [4.69, 9.17) is 20.5 Å². The molecule has 0 saturated carbocycles. The Morgan fingerprint density at radius 2 is 1.77 bits per heavy atom. The van der Waals surface area contributed by atoms with E-state index in [1.807, 2.05) is 20.8 Å². The minimum Gasteiger partial charge on any atom is -0.451 e.